The van der Waals surface area contributed by atoms with Crippen LogP contribution >= 0.6 is 0 Å². The molecule has 1 rings (SSSR count). The zero-order valence-corrected chi connectivity index (χ0v) is 10.0. The first-order chi connectivity index (χ1) is 7.29. The predicted molar refractivity (Wildman–Crippen MR) is 55.3 cm³/mol. The topological polar surface area (TPSA) is 104 Å². The number of nitrogens with two attached hydrogens (primary N) is 1. The molecule has 90 valence electrons. The van der Waals surface area contributed by atoms with E-state index in [1.807, 2.05) is 0 Å². The average molecular weight is 247 g/mol. The molecule has 0 unspecified atom stereocenters. The van der Waals surface area contributed by atoms with Gasteiger partial charge in [-0.15, -0.1) is 0 Å². The SMILES string of the molecule is CCOC(=O)c1c(S(N)(=O)=O)c(C)nn1C. The molecule has 0 radical (unpaired) electrons. The lowest BCUT2D eigenvalue weighted by molar-refractivity contribution is 0.0509. The van der Waals surface area contributed by atoms with Crippen LogP contribution in [0.15, 0.2) is 4.90 Å². The summed E-state index contributed by atoms with van der Waals surface area (Å²) < 4.78 is 28.5. The second-order valence-electron chi connectivity index (χ2n) is 3.15. The first-order valence-corrected chi connectivity index (χ1v) is 6.07. The number of nitrogens with zero attached hydrogens (tertiary/aromatic N) is 2. The van der Waals surface area contributed by atoms with Crippen molar-refractivity contribution >= 4 is 16.0 Å². The average Bonchev–Trinajstić information content (AvgIpc) is 2.40. The van der Waals surface area contributed by atoms with Crippen LogP contribution in [0.5, 0.6) is 0 Å². The minimum atomic E-state index is -3.99. The maximum Gasteiger partial charge on any atom is 0.358 e. The van der Waals surface area contributed by atoms with Gasteiger partial charge in [0.1, 0.15) is 4.90 Å². The van der Waals surface area contributed by atoms with E-state index >= 15 is 0 Å². The lowest BCUT2D eigenvalue weighted by Gasteiger charge is -2.04. The number of hydrogen-bond donors (Lipinski definition) is 1. The molecular formula is C8H13N3O4S. The van der Waals surface area contributed by atoms with E-state index in [1.165, 1.54) is 14.0 Å². The van der Waals surface area contributed by atoms with Gasteiger partial charge >= 0.3 is 5.97 Å². The van der Waals surface area contributed by atoms with Crippen molar-refractivity contribution in [2.75, 3.05) is 6.61 Å². The van der Waals surface area contributed by atoms with E-state index in [9.17, 15) is 13.2 Å². The van der Waals surface area contributed by atoms with Gasteiger partial charge in [-0.05, 0) is 13.8 Å². The molecule has 0 saturated heterocycles. The Kier molecular flexibility index (Phi) is 3.34. The number of carbonyl (C=O) groups excluding carboxylic acids is 1. The number of ether oxygens (including phenoxy) is 1. The molecule has 0 amide bonds. The van der Waals surface area contributed by atoms with E-state index in [4.69, 9.17) is 9.88 Å². The number of aryl methyl sites for hydroxylation is 2. The molecule has 0 saturated carbocycles. The van der Waals surface area contributed by atoms with Crippen LogP contribution in [-0.2, 0) is 21.8 Å². The van der Waals surface area contributed by atoms with Gasteiger partial charge in [-0.2, -0.15) is 5.10 Å². The quantitative estimate of drug-likeness (QED) is 0.728. The number of primary sulfonamides is 1. The Morgan fingerprint density at radius 2 is 2.12 bits per heavy atom. The lowest BCUT2D eigenvalue weighted by atomic mass is 10.3. The molecule has 0 fully saturated rings. The molecule has 0 spiro atoms. The molecule has 7 nitrogen and oxygen atoms in total. The summed E-state index contributed by atoms with van der Waals surface area (Å²) in [6.45, 7) is 3.23. The molecule has 0 bridgehead atoms. The summed E-state index contributed by atoms with van der Waals surface area (Å²) in [6.07, 6.45) is 0. The van der Waals surface area contributed by atoms with Crippen LogP contribution in [0.2, 0.25) is 0 Å². The second kappa shape index (κ2) is 4.22. The first kappa shape index (κ1) is 12.7. The highest BCUT2D eigenvalue weighted by Gasteiger charge is 2.28. The Labute approximate surface area is 93.2 Å². The summed E-state index contributed by atoms with van der Waals surface area (Å²) in [5.74, 6) is -0.755. The third-order valence-electron chi connectivity index (χ3n) is 1.92. The molecule has 1 aromatic rings. The number of hydrogen-bond acceptors (Lipinski definition) is 5. The van der Waals surface area contributed by atoms with E-state index in [2.05, 4.69) is 5.10 Å². The van der Waals surface area contributed by atoms with Crippen molar-refractivity contribution < 1.29 is 17.9 Å². The summed E-state index contributed by atoms with van der Waals surface area (Å²) in [5.41, 5.74) is 0.0231. The maximum atomic E-state index is 11.5. The summed E-state index contributed by atoms with van der Waals surface area (Å²) in [4.78, 5) is 11.3. The van der Waals surface area contributed by atoms with Crippen molar-refractivity contribution in [1.29, 1.82) is 0 Å². The minimum Gasteiger partial charge on any atom is -0.461 e. The molecular weight excluding hydrogens is 234 g/mol. The Hall–Kier alpha value is -1.41. The van der Waals surface area contributed by atoms with E-state index in [0.717, 1.165) is 4.68 Å². The van der Waals surface area contributed by atoms with Gasteiger partial charge in [-0.1, -0.05) is 0 Å². The molecule has 0 aliphatic carbocycles. The van der Waals surface area contributed by atoms with Crippen LogP contribution in [0.3, 0.4) is 0 Å². The van der Waals surface area contributed by atoms with E-state index in [0.29, 0.717) is 0 Å². The molecule has 0 aromatic carbocycles. The number of aromatic nitrogens is 2. The highest BCUT2D eigenvalue weighted by Crippen LogP contribution is 2.18. The van der Waals surface area contributed by atoms with Crippen molar-refractivity contribution in [2.45, 2.75) is 18.7 Å². The Morgan fingerprint density at radius 1 is 1.56 bits per heavy atom. The molecule has 0 aliphatic heterocycles. The fraction of sp³-hybridized carbons (Fsp3) is 0.500. The standard InChI is InChI=1S/C8H13N3O4S/c1-4-15-8(12)6-7(16(9,13)14)5(2)10-11(6)3/h4H2,1-3H3,(H2,9,13,14). The van der Waals surface area contributed by atoms with Crippen LogP contribution in [0.4, 0.5) is 0 Å². The number of rotatable bonds is 3. The number of esters is 1. The van der Waals surface area contributed by atoms with Gasteiger partial charge in [-0.3, -0.25) is 4.68 Å². The normalized spacial score (nSPS) is 11.5. The summed E-state index contributed by atoms with van der Waals surface area (Å²) in [5, 5.41) is 8.85. The van der Waals surface area contributed by atoms with Crippen LogP contribution in [0.25, 0.3) is 0 Å². The monoisotopic (exact) mass is 247 g/mol. The first-order valence-electron chi connectivity index (χ1n) is 4.52. The smallest absolute Gasteiger partial charge is 0.358 e. The molecule has 1 aromatic heterocycles. The second-order valence-corrected chi connectivity index (χ2v) is 4.65. The highest BCUT2D eigenvalue weighted by molar-refractivity contribution is 7.89. The third kappa shape index (κ3) is 2.22. The van der Waals surface area contributed by atoms with E-state index in [-0.39, 0.29) is 22.9 Å². The third-order valence-corrected chi connectivity index (χ3v) is 2.98. The van der Waals surface area contributed by atoms with Gasteiger partial charge in [0.25, 0.3) is 0 Å². The van der Waals surface area contributed by atoms with Gasteiger partial charge in [0.15, 0.2) is 5.69 Å². The molecule has 8 heteroatoms. The maximum absolute atomic E-state index is 11.5. The van der Waals surface area contributed by atoms with Crippen molar-refractivity contribution in [3.8, 4) is 0 Å². The van der Waals surface area contributed by atoms with Gasteiger partial charge in [0.2, 0.25) is 10.0 Å². The van der Waals surface area contributed by atoms with Gasteiger partial charge in [0.05, 0.1) is 12.3 Å². The van der Waals surface area contributed by atoms with Crippen molar-refractivity contribution in [1.82, 2.24) is 9.78 Å². The van der Waals surface area contributed by atoms with Crippen molar-refractivity contribution in [3.63, 3.8) is 0 Å². The molecule has 0 atom stereocenters. The van der Waals surface area contributed by atoms with Crippen molar-refractivity contribution in [3.05, 3.63) is 11.4 Å². The predicted octanol–water partition coefficient (Wildman–Crippen LogP) is -0.447. The minimum absolute atomic E-state index is 0.146. The summed E-state index contributed by atoms with van der Waals surface area (Å²) in [7, 11) is -2.54. The fourth-order valence-corrected chi connectivity index (χ4v) is 2.34. The van der Waals surface area contributed by atoms with Crippen molar-refractivity contribution in [2.24, 2.45) is 12.2 Å². The van der Waals surface area contributed by atoms with E-state index in [1.54, 1.807) is 6.92 Å². The summed E-state index contributed by atoms with van der Waals surface area (Å²) in [6, 6.07) is 0. The van der Waals surface area contributed by atoms with Crippen LogP contribution in [0.1, 0.15) is 23.1 Å². The largest absolute Gasteiger partial charge is 0.461 e. The van der Waals surface area contributed by atoms with E-state index < -0.39 is 16.0 Å². The Morgan fingerprint density at radius 3 is 2.56 bits per heavy atom. The molecule has 16 heavy (non-hydrogen) atoms. The molecule has 1 heterocycles. The Bertz CT molecular complexity index is 518. The summed E-state index contributed by atoms with van der Waals surface area (Å²) >= 11 is 0. The number of carbonyl (C=O) groups is 1. The highest BCUT2D eigenvalue weighted by atomic mass is 32.2. The lowest BCUT2D eigenvalue weighted by Crippen LogP contribution is -2.19. The Balaban J connectivity index is 3.44. The van der Waals surface area contributed by atoms with Gasteiger partial charge in [-0.25, -0.2) is 18.4 Å². The van der Waals surface area contributed by atoms with Crippen LogP contribution in [0, 0.1) is 6.92 Å². The zero-order chi connectivity index (χ0) is 12.5. The number of sulfonamides is 1. The van der Waals surface area contributed by atoms with Crippen LogP contribution in [-0.4, -0.2) is 30.8 Å². The molecule has 2 N–H and O–H groups in total. The van der Waals surface area contributed by atoms with Crippen LogP contribution < -0.4 is 5.14 Å². The zero-order valence-electron chi connectivity index (χ0n) is 9.22. The molecule has 0 aliphatic rings. The van der Waals surface area contributed by atoms with Gasteiger partial charge in [0, 0.05) is 7.05 Å². The van der Waals surface area contributed by atoms with Gasteiger partial charge < -0.3 is 4.74 Å². The fourth-order valence-electron chi connectivity index (χ4n) is 1.40.